The average molecular weight is 386 g/mol. The molecule has 1 heterocycles. The molecular weight excluding hydrogens is 359 g/mol. The Morgan fingerprint density at radius 2 is 2.07 bits per heavy atom. The van der Waals surface area contributed by atoms with Crippen LogP contribution in [-0.2, 0) is 28.9 Å². The molecule has 0 fully saturated rings. The number of hydrogen-bond acceptors (Lipinski definition) is 3. The number of benzene rings is 1. The molecule has 3 rings (SSSR count). The number of carbonyl (C=O) groups is 2. The number of halogens is 1. The summed E-state index contributed by atoms with van der Waals surface area (Å²) in [7, 11) is 1.59. The predicted octanol–water partition coefficient (Wildman–Crippen LogP) is 3.20. The maximum absolute atomic E-state index is 14.2. The first-order chi connectivity index (χ1) is 13.4. The number of amides is 1. The van der Waals surface area contributed by atoms with Crippen LogP contribution in [0, 0.1) is 12.7 Å². The third-order valence-corrected chi connectivity index (χ3v) is 5.30. The van der Waals surface area contributed by atoms with Crippen LogP contribution in [0.1, 0.15) is 52.6 Å². The number of Topliss-reactive ketones (excluding diaryl/α,β-unsaturated/α-hetero) is 1. The van der Waals surface area contributed by atoms with E-state index in [1.165, 1.54) is 6.07 Å². The Kier molecular flexibility index (Phi) is 6.29. The first-order valence-corrected chi connectivity index (χ1v) is 9.68. The summed E-state index contributed by atoms with van der Waals surface area (Å²) in [6.45, 7) is 4.57. The lowest BCUT2D eigenvalue weighted by Crippen LogP contribution is -2.36. The molecule has 6 heteroatoms. The van der Waals surface area contributed by atoms with Crippen molar-refractivity contribution in [2.75, 3.05) is 13.7 Å². The highest BCUT2D eigenvalue weighted by Gasteiger charge is 2.29. The van der Waals surface area contributed by atoms with Crippen LogP contribution in [-0.4, -0.2) is 36.0 Å². The van der Waals surface area contributed by atoms with Crippen molar-refractivity contribution >= 4 is 11.7 Å². The van der Waals surface area contributed by atoms with Crippen LogP contribution in [0.3, 0.4) is 0 Å². The Balaban J connectivity index is 1.94. The molecule has 1 atom stereocenters. The number of rotatable bonds is 7. The fourth-order valence-corrected chi connectivity index (χ4v) is 3.99. The van der Waals surface area contributed by atoms with Crippen LogP contribution in [0.2, 0.25) is 0 Å². The fraction of sp³-hybridized carbons (Fsp3) is 0.455. The normalized spacial score (nSPS) is 14.6. The number of fused-ring (bicyclic) bond motifs is 1. The molecule has 0 saturated heterocycles. The zero-order valence-corrected chi connectivity index (χ0v) is 16.7. The summed E-state index contributed by atoms with van der Waals surface area (Å²) in [5.74, 6) is -0.333. The van der Waals surface area contributed by atoms with Crippen LogP contribution < -0.4 is 5.32 Å². The topological polar surface area (TPSA) is 60.3 Å². The summed E-state index contributed by atoms with van der Waals surface area (Å²) in [6, 6.07) is 6.56. The van der Waals surface area contributed by atoms with Crippen molar-refractivity contribution < 1.29 is 18.7 Å². The van der Waals surface area contributed by atoms with E-state index in [-0.39, 0.29) is 30.0 Å². The molecule has 1 amide bonds. The van der Waals surface area contributed by atoms with E-state index in [0.717, 1.165) is 29.8 Å². The number of nitrogens with zero attached hydrogens (tertiary/aromatic N) is 1. The molecule has 1 aliphatic carbocycles. The van der Waals surface area contributed by atoms with Gasteiger partial charge in [0.1, 0.15) is 5.82 Å². The Labute approximate surface area is 164 Å². The van der Waals surface area contributed by atoms with Gasteiger partial charge < -0.3 is 14.6 Å². The number of hydrogen-bond donors (Lipinski definition) is 1. The second-order valence-corrected chi connectivity index (χ2v) is 7.44. The molecule has 0 unspecified atom stereocenters. The molecule has 2 aromatic rings. The molecular formula is C22H27FN2O3. The van der Waals surface area contributed by atoms with Crippen molar-refractivity contribution in [1.82, 2.24) is 9.88 Å². The highest BCUT2D eigenvalue weighted by molar-refractivity contribution is 6.01. The van der Waals surface area contributed by atoms with E-state index < -0.39 is 0 Å². The van der Waals surface area contributed by atoms with Gasteiger partial charge in [-0.05, 0) is 38.3 Å². The number of ketones is 1. The summed E-state index contributed by atoms with van der Waals surface area (Å²) in [4.78, 5) is 25.2. The molecule has 0 spiro atoms. The standard InChI is InChI=1S/C22H27FN2O3/c1-14(13-28-3)24-21(27)11-17-15(2)25(12-16-7-4-5-8-18(16)23)19-9-6-10-20(26)22(17)19/h4-5,7-8,14H,6,9-13H2,1-3H3,(H,24,27)/t14-/m0/s1. The van der Waals surface area contributed by atoms with Gasteiger partial charge in [0.2, 0.25) is 5.91 Å². The Hall–Kier alpha value is -2.47. The molecule has 28 heavy (non-hydrogen) atoms. The summed E-state index contributed by atoms with van der Waals surface area (Å²) in [5.41, 5.74) is 3.78. The molecule has 1 N–H and O–H groups in total. The van der Waals surface area contributed by atoms with Crippen molar-refractivity contribution in [3.05, 3.63) is 58.2 Å². The van der Waals surface area contributed by atoms with Crippen molar-refractivity contribution in [2.45, 2.75) is 52.1 Å². The SMILES string of the molecule is COC[C@H](C)NC(=O)Cc1c2c(n(Cc3ccccc3F)c1C)CCCC2=O. The Morgan fingerprint density at radius 3 is 2.79 bits per heavy atom. The molecule has 0 bridgehead atoms. The predicted molar refractivity (Wildman–Crippen MR) is 105 cm³/mol. The van der Waals surface area contributed by atoms with Crippen molar-refractivity contribution in [3.63, 3.8) is 0 Å². The molecule has 5 nitrogen and oxygen atoms in total. The number of nitrogens with one attached hydrogen (secondary N) is 1. The van der Waals surface area contributed by atoms with Gasteiger partial charge >= 0.3 is 0 Å². The van der Waals surface area contributed by atoms with Crippen molar-refractivity contribution in [1.29, 1.82) is 0 Å². The molecule has 0 saturated carbocycles. The van der Waals surface area contributed by atoms with Gasteiger partial charge in [0.25, 0.3) is 0 Å². The number of aromatic nitrogens is 1. The number of ether oxygens (including phenoxy) is 1. The van der Waals surface area contributed by atoms with E-state index in [4.69, 9.17) is 4.74 Å². The number of methoxy groups -OCH3 is 1. The maximum atomic E-state index is 14.2. The zero-order chi connectivity index (χ0) is 20.3. The van der Waals surface area contributed by atoms with E-state index in [2.05, 4.69) is 5.32 Å². The van der Waals surface area contributed by atoms with Gasteiger partial charge in [-0.2, -0.15) is 0 Å². The van der Waals surface area contributed by atoms with Gasteiger partial charge in [-0.15, -0.1) is 0 Å². The number of carbonyl (C=O) groups excluding carboxylic acids is 2. The minimum absolute atomic E-state index is 0.0735. The van der Waals surface area contributed by atoms with E-state index in [1.807, 2.05) is 18.4 Å². The van der Waals surface area contributed by atoms with Crippen molar-refractivity contribution in [2.24, 2.45) is 0 Å². The van der Waals surface area contributed by atoms with Crippen molar-refractivity contribution in [3.8, 4) is 0 Å². The third kappa shape index (κ3) is 4.17. The van der Waals surface area contributed by atoms with Gasteiger partial charge in [0.15, 0.2) is 5.78 Å². The van der Waals surface area contributed by atoms with Gasteiger partial charge in [-0.3, -0.25) is 9.59 Å². The highest BCUT2D eigenvalue weighted by Crippen LogP contribution is 2.31. The molecule has 0 aliphatic heterocycles. The second kappa shape index (κ2) is 8.69. The largest absolute Gasteiger partial charge is 0.383 e. The van der Waals surface area contributed by atoms with Gasteiger partial charge in [-0.25, -0.2) is 4.39 Å². The first-order valence-electron chi connectivity index (χ1n) is 9.68. The van der Waals surface area contributed by atoms with Crippen LogP contribution in [0.25, 0.3) is 0 Å². The monoisotopic (exact) mass is 386 g/mol. The van der Waals surface area contributed by atoms with E-state index >= 15 is 0 Å². The van der Waals surface area contributed by atoms with Crippen LogP contribution in [0.5, 0.6) is 0 Å². The highest BCUT2D eigenvalue weighted by atomic mass is 19.1. The van der Waals surface area contributed by atoms with Crippen LogP contribution in [0.15, 0.2) is 24.3 Å². The molecule has 1 aromatic heterocycles. The van der Waals surface area contributed by atoms with E-state index in [9.17, 15) is 14.0 Å². The minimum atomic E-state index is -0.265. The smallest absolute Gasteiger partial charge is 0.224 e. The van der Waals surface area contributed by atoms with E-state index in [1.54, 1.807) is 25.3 Å². The molecule has 1 aromatic carbocycles. The molecule has 150 valence electrons. The minimum Gasteiger partial charge on any atom is -0.383 e. The average Bonchev–Trinajstić information content (AvgIpc) is 2.90. The van der Waals surface area contributed by atoms with Crippen LogP contribution in [0.4, 0.5) is 4.39 Å². The maximum Gasteiger partial charge on any atom is 0.224 e. The quantitative estimate of drug-likeness (QED) is 0.795. The second-order valence-electron chi connectivity index (χ2n) is 7.44. The van der Waals surface area contributed by atoms with E-state index in [0.29, 0.717) is 30.7 Å². The fourth-order valence-electron chi connectivity index (χ4n) is 3.99. The third-order valence-electron chi connectivity index (χ3n) is 5.30. The Bertz CT molecular complexity index is 888. The lowest BCUT2D eigenvalue weighted by atomic mass is 9.92. The summed E-state index contributed by atoms with van der Waals surface area (Å²) < 4.78 is 21.3. The van der Waals surface area contributed by atoms with Gasteiger partial charge in [0, 0.05) is 42.1 Å². The summed E-state index contributed by atoms with van der Waals surface area (Å²) >= 11 is 0. The van der Waals surface area contributed by atoms with Crippen LogP contribution >= 0.6 is 0 Å². The molecule has 1 aliphatic rings. The summed E-state index contributed by atoms with van der Waals surface area (Å²) in [5, 5.41) is 2.90. The lowest BCUT2D eigenvalue weighted by molar-refractivity contribution is -0.121. The van der Waals surface area contributed by atoms with Gasteiger partial charge in [-0.1, -0.05) is 18.2 Å². The Morgan fingerprint density at radius 1 is 1.32 bits per heavy atom. The summed E-state index contributed by atoms with van der Waals surface area (Å²) in [6.07, 6.45) is 2.17. The first kappa shape index (κ1) is 20.3. The molecule has 0 radical (unpaired) electrons. The van der Waals surface area contributed by atoms with Gasteiger partial charge in [0.05, 0.1) is 19.6 Å². The zero-order valence-electron chi connectivity index (χ0n) is 16.7. The lowest BCUT2D eigenvalue weighted by Gasteiger charge is -2.16.